The van der Waals surface area contributed by atoms with Crippen LogP contribution in [-0.2, 0) is 6.42 Å². The Morgan fingerprint density at radius 2 is 2.29 bits per heavy atom. The van der Waals surface area contributed by atoms with Crippen molar-refractivity contribution >= 4 is 22.8 Å². The number of anilines is 1. The van der Waals surface area contributed by atoms with Gasteiger partial charge in [0.2, 0.25) is 0 Å². The third-order valence-electron chi connectivity index (χ3n) is 2.30. The van der Waals surface area contributed by atoms with Gasteiger partial charge in [-0.25, -0.2) is 9.37 Å². The van der Waals surface area contributed by atoms with E-state index in [1.54, 1.807) is 0 Å². The summed E-state index contributed by atoms with van der Waals surface area (Å²) in [4.78, 5) is 16.0. The van der Waals surface area contributed by atoms with E-state index in [9.17, 15) is 9.18 Å². The third kappa shape index (κ3) is 2.68. The number of thiazole rings is 1. The molecule has 1 aromatic heterocycles. The van der Waals surface area contributed by atoms with E-state index in [1.165, 1.54) is 23.5 Å². The number of benzene rings is 1. The second-order valence-corrected chi connectivity index (χ2v) is 4.66. The quantitative estimate of drug-likeness (QED) is 0.673. The van der Waals surface area contributed by atoms with Gasteiger partial charge >= 0.3 is 0 Å². The van der Waals surface area contributed by atoms with E-state index < -0.39 is 5.82 Å². The number of carbonyl (C=O) groups excluding carboxylic acids is 1. The molecule has 1 heterocycles. The molecule has 0 aliphatic rings. The van der Waals surface area contributed by atoms with Crippen molar-refractivity contribution in [2.75, 3.05) is 5.73 Å². The van der Waals surface area contributed by atoms with Crippen molar-refractivity contribution in [3.05, 3.63) is 45.7 Å². The Labute approximate surface area is 102 Å². The predicted octanol–water partition coefficient (Wildman–Crippen LogP) is 2.60. The molecule has 2 aromatic rings. The molecule has 0 radical (unpaired) electrons. The molecule has 5 heteroatoms. The van der Waals surface area contributed by atoms with Gasteiger partial charge in [0, 0.05) is 16.6 Å². The van der Waals surface area contributed by atoms with Crippen molar-refractivity contribution in [1.29, 1.82) is 0 Å². The van der Waals surface area contributed by atoms with Gasteiger partial charge in [0.15, 0.2) is 5.78 Å². The number of aryl methyl sites for hydroxylation is 1. The fourth-order valence-electron chi connectivity index (χ4n) is 1.42. The van der Waals surface area contributed by atoms with Gasteiger partial charge in [-0.1, -0.05) is 0 Å². The SMILES string of the molecule is Cc1csc(CC(=O)c2ccc(N)c(F)c2)n1. The number of nitrogens with two attached hydrogens (primary N) is 1. The number of hydrogen-bond acceptors (Lipinski definition) is 4. The maximum atomic E-state index is 13.2. The maximum absolute atomic E-state index is 13.2. The first-order valence-corrected chi connectivity index (χ1v) is 5.93. The molecule has 3 nitrogen and oxygen atoms in total. The number of Topliss-reactive ketones (excluding diaryl/α,β-unsaturated/α-hetero) is 1. The minimum absolute atomic E-state index is 0.0478. The Kier molecular flexibility index (Phi) is 3.19. The molecule has 88 valence electrons. The highest BCUT2D eigenvalue weighted by atomic mass is 32.1. The summed E-state index contributed by atoms with van der Waals surface area (Å²) < 4.78 is 13.2. The molecule has 0 unspecified atom stereocenters. The minimum Gasteiger partial charge on any atom is -0.396 e. The van der Waals surface area contributed by atoms with Gasteiger partial charge in [-0.05, 0) is 25.1 Å². The van der Waals surface area contributed by atoms with Crippen molar-refractivity contribution in [2.24, 2.45) is 0 Å². The van der Waals surface area contributed by atoms with E-state index in [4.69, 9.17) is 5.73 Å². The van der Waals surface area contributed by atoms with Gasteiger partial charge in [-0.2, -0.15) is 0 Å². The lowest BCUT2D eigenvalue weighted by Crippen LogP contribution is -2.04. The zero-order valence-corrected chi connectivity index (χ0v) is 10.1. The normalized spacial score (nSPS) is 10.5. The highest BCUT2D eigenvalue weighted by Gasteiger charge is 2.11. The summed E-state index contributed by atoms with van der Waals surface area (Å²) in [6.07, 6.45) is 0.196. The van der Waals surface area contributed by atoms with E-state index in [0.29, 0.717) is 5.56 Å². The third-order valence-corrected chi connectivity index (χ3v) is 3.27. The number of ketones is 1. The molecule has 2 rings (SSSR count). The molecule has 0 spiro atoms. The van der Waals surface area contributed by atoms with Crippen LogP contribution in [0.5, 0.6) is 0 Å². The van der Waals surface area contributed by atoms with Gasteiger partial charge in [0.05, 0.1) is 12.1 Å². The summed E-state index contributed by atoms with van der Waals surface area (Å²) in [5.74, 6) is -0.718. The van der Waals surface area contributed by atoms with Crippen LogP contribution in [0.15, 0.2) is 23.6 Å². The molecule has 0 atom stereocenters. The van der Waals surface area contributed by atoms with Crippen LogP contribution in [0.1, 0.15) is 21.1 Å². The van der Waals surface area contributed by atoms with Crippen molar-refractivity contribution in [1.82, 2.24) is 4.98 Å². The second-order valence-electron chi connectivity index (χ2n) is 3.72. The highest BCUT2D eigenvalue weighted by molar-refractivity contribution is 7.09. The summed E-state index contributed by atoms with van der Waals surface area (Å²) in [5.41, 5.74) is 6.61. The summed E-state index contributed by atoms with van der Waals surface area (Å²) >= 11 is 1.43. The highest BCUT2D eigenvalue weighted by Crippen LogP contribution is 2.16. The maximum Gasteiger partial charge on any atom is 0.169 e. The van der Waals surface area contributed by atoms with Gasteiger partial charge in [0.25, 0.3) is 0 Å². The van der Waals surface area contributed by atoms with E-state index in [1.807, 2.05) is 12.3 Å². The molecular formula is C12H11FN2OS. The molecule has 0 saturated carbocycles. The Morgan fingerprint density at radius 3 is 2.88 bits per heavy atom. The first-order chi connectivity index (χ1) is 8.06. The Morgan fingerprint density at radius 1 is 1.53 bits per heavy atom. The van der Waals surface area contributed by atoms with Gasteiger partial charge in [0.1, 0.15) is 10.8 Å². The lowest BCUT2D eigenvalue weighted by atomic mass is 10.1. The fourth-order valence-corrected chi connectivity index (χ4v) is 2.19. The zero-order chi connectivity index (χ0) is 12.4. The Hall–Kier alpha value is -1.75. The molecule has 0 aliphatic heterocycles. The number of aromatic nitrogens is 1. The predicted molar refractivity (Wildman–Crippen MR) is 65.7 cm³/mol. The van der Waals surface area contributed by atoms with E-state index in [-0.39, 0.29) is 17.9 Å². The minimum atomic E-state index is -0.564. The van der Waals surface area contributed by atoms with Gasteiger partial charge < -0.3 is 5.73 Å². The largest absolute Gasteiger partial charge is 0.396 e. The van der Waals surface area contributed by atoms with Crippen LogP contribution in [0.4, 0.5) is 10.1 Å². The van der Waals surface area contributed by atoms with Crippen LogP contribution in [0.25, 0.3) is 0 Å². The van der Waals surface area contributed by atoms with Crippen LogP contribution in [0.3, 0.4) is 0 Å². The topological polar surface area (TPSA) is 56.0 Å². The number of hydrogen-bond donors (Lipinski definition) is 1. The molecule has 0 saturated heterocycles. The van der Waals surface area contributed by atoms with Crippen LogP contribution in [0, 0.1) is 12.7 Å². The summed E-state index contributed by atoms with van der Waals surface area (Å²) in [6, 6.07) is 4.09. The molecular weight excluding hydrogens is 239 g/mol. The first kappa shape index (κ1) is 11.7. The summed E-state index contributed by atoms with van der Waals surface area (Å²) in [5, 5.41) is 2.62. The standard InChI is InChI=1S/C12H11FN2OS/c1-7-6-17-12(15-7)5-11(16)8-2-3-10(14)9(13)4-8/h2-4,6H,5,14H2,1H3. The number of rotatable bonds is 3. The Balaban J connectivity index is 2.17. The molecule has 0 fully saturated rings. The smallest absolute Gasteiger partial charge is 0.169 e. The summed E-state index contributed by atoms with van der Waals surface area (Å²) in [7, 11) is 0. The second kappa shape index (κ2) is 4.63. The monoisotopic (exact) mass is 250 g/mol. The van der Waals surface area contributed by atoms with Gasteiger partial charge in [-0.15, -0.1) is 11.3 Å². The fraction of sp³-hybridized carbons (Fsp3) is 0.167. The molecule has 0 aliphatic carbocycles. The molecule has 17 heavy (non-hydrogen) atoms. The van der Waals surface area contributed by atoms with E-state index in [0.717, 1.165) is 16.8 Å². The van der Waals surface area contributed by atoms with Crippen LogP contribution in [0.2, 0.25) is 0 Å². The summed E-state index contributed by atoms with van der Waals surface area (Å²) in [6.45, 7) is 1.87. The lowest BCUT2D eigenvalue weighted by molar-refractivity contribution is 0.0992. The van der Waals surface area contributed by atoms with Crippen LogP contribution >= 0.6 is 11.3 Å². The number of halogens is 1. The van der Waals surface area contributed by atoms with Crippen molar-refractivity contribution in [2.45, 2.75) is 13.3 Å². The number of nitrogen functional groups attached to an aromatic ring is 1. The number of nitrogens with zero attached hydrogens (tertiary/aromatic N) is 1. The molecule has 0 bridgehead atoms. The van der Waals surface area contributed by atoms with E-state index in [2.05, 4.69) is 4.98 Å². The molecule has 1 aromatic carbocycles. The first-order valence-electron chi connectivity index (χ1n) is 5.05. The van der Waals surface area contributed by atoms with Crippen LogP contribution < -0.4 is 5.73 Å². The van der Waals surface area contributed by atoms with Gasteiger partial charge in [-0.3, -0.25) is 4.79 Å². The average Bonchev–Trinajstić information content (AvgIpc) is 2.68. The Bertz CT molecular complexity index is 565. The van der Waals surface area contributed by atoms with Crippen molar-refractivity contribution in [3.63, 3.8) is 0 Å². The van der Waals surface area contributed by atoms with Crippen molar-refractivity contribution in [3.8, 4) is 0 Å². The lowest BCUT2D eigenvalue weighted by Gasteiger charge is -2.01. The number of carbonyl (C=O) groups is 1. The van der Waals surface area contributed by atoms with E-state index >= 15 is 0 Å². The van der Waals surface area contributed by atoms with Crippen LogP contribution in [-0.4, -0.2) is 10.8 Å². The molecule has 0 amide bonds. The zero-order valence-electron chi connectivity index (χ0n) is 9.24. The van der Waals surface area contributed by atoms with Crippen molar-refractivity contribution < 1.29 is 9.18 Å². The average molecular weight is 250 g/mol. The molecule has 2 N–H and O–H groups in total.